The van der Waals surface area contributed by atoms with Crippen LogP contribution in [0.25, 0.3) is 0 Å². The van der Waals surface area contributed by atoms with E-state index in [2.05, 4.69) is 111 Å². The number of quaternary nitrogens is 1. The van der Waals surface area contributed by atoms with E-state index in [0.29, 0.717) is 17.4 Å². The lowest BCUT2D eigenvalue weighted by atomic mass is 10.0. The highest BCUT2D eigenvalue weighted by atomic mass is 31.2. The summed E-state index contributed by atoms with van der Waals surface area (Å²) in [7, 11) is 1.16. The Morgan fingerprint density at radius 1 is 0.456 bits per heavy atom. The van der Waals surface area contributed by atoms with Gasteiger partial charge >= 0.3 is 5.97 Å². The number of amides is 1. The van der Waals surface area contributed by atoms with Crippen LogP contribution >= 0.6 is 7.82 Å². The van der Waals surface area contributed by atoms with Crippen molar-refractivity contribution in [3.63, 3.8) is 0 Å². The van der Waals surface area contributed by atoms with E-state index < -0.39 is 26.6 Å². The van der Waals surface area contributed by atoms with Crippen molar-refractivity contribution in [3.05, 3.63) is 97.2 Å². The molecule has 0 radical (unpaired) electrons. The Morgan fingerprint density at radius 2 is 0.810 bits per heavy atom. The van der Waals surface area contributed by atoms with Crippen molar-refractivity contribution >= 4 is 19.7 Å². The zero-order chi connectivity index (χ0) is 57.9. The van der Waals surface area contributed by atoms with Gasteiger partial charge in [-0.25, -0.2) is 0 Å². The number of esters is 1. The predicted molar refractivity (Wildman–Crippen MR) is 339 cm³/mol. The number of hydrogen-bond donors (Lipinski definition) is 1. The van der Waals surface area contributed by atoms with Crippen molar-refractivity contribution in [2.75, 3.05) is 40.9 Å². The molecule has 0 heterocycles. The number of rotatable bonds is 58. The number of likely N-dealkylation sites (N-methyl/N-ethyl adjacent to an activating group) is 1. The molecule has 0 aliphatic rings. The Labute approximate surface area is 488 Å². The van der Waals surface area contributed by atoms with Crippen molar-refractivity contribution < 1.29 is 37.3 Å². The molecule has 0 aliphatic carbocycles. The highest BCUT2D eigenvalue weighted by Gasteiger charge is 2.27. The summed E-state index contributed by atoms with van der Waals surface area (Å²) in [6, 6.07) is -0.906. The van der Waals surface area contributed by atoms with Gasteiger partial charge in [0.25, 0.3) is 7.82 Å². The van der Waals surface area contributed by atoms with Crippen LogP contribution in [0, 0.1) is 0 Å². The van der Waals surface area contributed by atoms with Crippen molar-refractivity contribution in [2.45, 2.75) is 290 Å². The van der Waals surface area contributed by atoms with Crippen LogP contribution in [0.4, 0.5) is 0 Å². The zero-order valence-electron chi connectivity index (χ0n) is 52.1. The van der Waals surface area contributed by atoms with Gasteiger partial charge in [0.05, 0.1) is 33.8 Å². The standard InChI is InChI=1S/C69H123N2O7P/c1-7-10-13-16-19-22-25-28-30-31-32-33-34-35-36-37-38-39-40-41-42-44-47-50-53-56-59-62-69(73)78-67(60-57-54-51-48-45-27-24-21-18-15-12-9-3)66(65-77-79(74,75)76-64-63-71(4,5)6)70-68(72)61-58-55-52-49-46-43-29-26-23-20-17-14-11-8-2/h11,14,19-20,22-23,28-30,32-33,35-36,43,57,60,66-67H,7-10,12-13,15-18,21,24-27,31,34,37-42,44-56,58-59,61-65H2,1-6H3,(H-,70,72,74,75)/b14-11+,22-19-,23-20+,30-28-,33-32-,36-35-,43-29+,60-57-. The number of phosphoric acid groups is 1. The number of carbonyl (C=O) groups excluding carboxylic acids is 2. The number of ether oxygens (including phenoxy) is 1. The second-order valence-electron chi connectivity index (χ2n) is 22.9. The lowest BCUT2D eigenvalue weighted by Gasteiger charge is -2.30. The van der Waals surface area contributed by atoms with Crippen LogP contribution < -0.4 is 10.2 Å². The molecule has 0 bridgehead atoms. The van der Waals surface area contributed by atoms with Gasteiger partial charge < -0.3 is 28.5 Å². The van der Waals surface area contributed by atoms with Crippen LogP contribution in [0.5, 0.6) is 0 Å². The molecule has 0 aromatic heterocycles. The molecule has 3 atom stereocenters. The highest BCUT2D eigenvalue weighted by Crippen LogP contribution is 2.38. The fraction of sp³-hybridized carbons (Fsp3) is 0.739. The molecule has 0 aromatic carbocycles. The molecular formula is C69H123N2O7P. The molecule has 0 fully saturated rings. The fourth-order valence-corrected chi connectivity index (χ4v) is 9.71. The molecular weight excluding hydrogens is 1000 g/mol. The molecule has 1 amide bonds. The van der Waals surface area contributed by atoms with E-state index in [4.69, 9.17) is 13.8 Å². The monoisotopic (exact) mass is 1120 g/mol. The van der Waals surface area contributed by atoms with Crippen molar-refractivity contribution in [1.29, 1.82) is 0 Å². The summed E-state index contributed by atoms with van der Waals surface area (Å²) in [6.45, 7) is 6.68. The Hall–Kier alpha value is -3.07. The van der Waals surface area contributed by atoms with Crippen LogP contribution in [0.2, 0.25) is 0 Å². The van der Waals surface area contributed by atoms with E-state index in [1.165, 1.54) is 128 Å². The van der Waals surface area contributed by atoms with Crippen LogP contribution in [-0.2, 0) is 27.9 Å². The van der Waals surface area contributed by atoms with Gasteiger partial charge in [0.1, 0.15) is 19.3 Å². The summed E-state index contributed by atoms with van der Waals surface area (Å²) in [6.07, 6.45) is 78.1. The topological polar surface area (TPSA) is 114 Å². The molecule has 0 spiro atoms. The number of carbonyl (C=O) groups is 2. The average molecular weight is 1120 g/mol. The minimum atomic E-state index is -4.71. The zero-order valence-corrected chi connectivity index (χ0v) is 52.9. The van der Waals surface area contributed by atoms with E-state index in [9.17, 15) is 19.0 Å². The molecule has 456 valence electrons. The van der Waals surface area contributed by atoms with Gasteiger partial charge in [-0.3, -0.25) is 14.2 Å². The number of nitrogens with one attached hydrogen (secondary N) is 1. The third-order valence-electron chi connectivity index (χ3n) is 14.0. The lowest BCUT2D eigenvalue weighted by molar-refractivity contribution is -0.870. The van der Waals surface area contributed by atoms with Crippen molar-refractivity contribution in [1.82, 2.24) is 5.32 Å². The highest BCUT2D eigenvalue weighted by molar-refractivity contribution is 7.45. The molecule has 3 unspecified atom stereocenters. The third-order valence-corrected chi connectivity index (χ3v) is 15.0. The summed E-state index contributed by atoms with van der Waals surface area (Å²) in [5, 5.41) is 3.01. The van der Waals surface area contributed by atoms with Crippen molar-refractivity contribution in [3.8, 4) is 0 Å². The number of nitrogens with zero attached hydrogens (tertiary/aromatic N) is 1. The Bertz CT molecular complexity index is 1670. The Morgan fingerprint density at radius 3 is 1.24 bits per heavy atom. The van der Waals surface area contributed by atoms with Gasteiger partial charge in [-0.05, 0) is 109 Å². The van der Waals surface area contributed by atoms with Gasteiger partial charge in [-0.1, -0.05) is 253 Å². The van der Waals surface area contributed by atoms with Crippen LogP contribution in [0.1, 0.15) is 278 Å². The van der Waals surface area contributed by atoms with Gasteiger partial charge in [-0.2, -0.15) is 0 Å². The molecule has 79 heavy (non-hydrogen) atoms. The maximum atomic E-state index is 13.5. The van der Waals surface area contributed by atoms with Gasteiger partial charge in [0.2, 0.25) is 5.91 Å². The summed E-state index contributed by atoms with van der Waals surface area (Å²) in [4.78, 5) is 40.0. The minimum absolute atomic E-state index is 0.0312. The molecule has 1 N–H and O–H groups in total. The van der Waals surface area contributed by atoms with E-state index in [1.807, 2.05) is 33.3 Å². The molecule has 0 saturated carbocycles. The summed E-state index contributed by atoms with van der Waals surface area (Å²) < 4.78 is 30.3. The molecule has 0 rings (SSSR count). The first kappa shape index (κ1) is 75.9. The molecule has 10 heteroatoms. The smallest absolute Gasteiger partial charge is 0.306 e. The second kappa shape index (κ2) is 58.1. The van der Waals surface area contributed by atoms with E-state index in [0.717, 1.165) is 109 Å². The Balaban J connectivity index is 5.10. The van der Waals surface area contributed by atoms with E-state index in [-0.39, 0.29) is 31.3 Å². The molecule has 0 saturated heterocycles. The average Bonchev–Trinajstić information content (AvgIpc) is 3.41. The maximum absolute atomic E-state index is 13.5. The first-order valence-corrected chi connectivity index (χ1v) is 34.0. The number of hydrogen-bond acceptors (Lipinski definition) is 7. The molecule has 0 aromatic rings. The number of phosphoric ester groups is 1. The predicted octanol–water partition coefficient (Wildman–Crippen LogP) is 19.7. The third kappa shape index (κ3) is 59.4. The van der Waals surface area contributed by atoms with Crippen LogP contribution in [0.3, 0.4) is 0 Å². The SMILES string of the molecule is CC/C=C/C/C=C/C/C=C/CCCCCCC(=O)NC(COP(=O)([O-])OCC[N+](C)(C)C)C(/C=C\CCCCCCCCCCCC)OC(=O)CCCCCCCCCCCCC/C=C\C/C=C\C/C=C\C/C=C\CCCCC. The summed E-state index contributed by atoms with van der Waals surface area (Å²) >= 11 is 0. The minimum Gasteiger partial charge on any atom is -0.756 e. The maximum Gasteiger partial charge on any atom is 0.306 e. The first-order valence-electron chi connectivity index (χ1n) is 32.5. The first-order chi connectivity index (χ1) is 38.4. The van der Waals surface area contributed by atoms with Crippen molar-refractivity contribution in [2.24, 2.45) is 0 Å². The second-order valence-corrected chi connectivity index (χ2v) is 24.3. The summed E-state index contributed by atoms with van der Waals surface area (Å²) in [5.74, 6) is -0.572. The molecule has 0 aliphatic heterocycles. The number of allylic oxidation sites excluding steroid dienone is 15. The fourth-order valence-electron chi connectivity index (χ4n) is 8.99. The van der Waals surface area contributed by atoms with Crippen LogP contribution in [0.15, 0.2) is 97.2 Å². The molecule has 9 nitrogen and oxygen atoms in total. The Kier molecular flexibility index (Phi) is 55.9. The van der Waals surface area contributed by atoms with Crippen LogP contribution in [-0.4, -0.2) is 69.4 Å². The number of unbranched alkanes of at least 4 members (excludes halogenated alkanes) is 28. The lowest BCUT2D eigenvalue weighted by Crippen LogP contribution is -2.47. The van der Waals surface area contributed by atoms with Gasteiger partial charge in [0, 0.05) is 12.8 Å². The summed E-state index contributed by atoms with van der Waals surface area (Å²) in [5.41, 5.74) is 0. The normalized spacial score (nSPS) is 14.3. The van der Waals surface area contributed by atoms with E-state index >= 15 is 0 Å². The van der Waals surface area contributed by atoms with Gasteiger partial charge in [-0.15, -0.1) is 0 Å². The largest absolute Gasteiger partial charge is 0.756 e. The quantitative estimate of drug-likeness (QED) is 0.0212. The van der Waals surface area contributed by atoms with E-state index in [1.54, 1.807) is 0 Å². The van der Waals surface area contributed by atoms with Gasteiger partial charge in [0.15, 0.2) is 0 Å².